The van der Waals surface area contributed by atoms with E-state index in [4.69, 9.17) is 16.3 Å². The number of hydrogen-bond acceptors (Lipinski definition) is 5. The van der Waals surface area contributed by atoms with Crippen LogP contribution in [0.2, 0.25) is 5.02 Å². The van der Waals surface area contributed by atoms with Crippen LogP contribution >= 0.6 is 11.6 Å². The SMILES string of the molecule is O=C(COc1ccc(Cl)c(F)c1)NC12CCC(C(=O)Nc3ccc(OC(F)F)nc3)(CC1)CC2. The van der Waals surface area contributed by atoms with Gasteiger partial charge in [-0.05, 0) is 56.7 Å². The summed E-state index contributed by atoms with van der Waals surface area (Å²) in [7, 11) is 0. The van der Waals surface area contributed by atoms with Crippen molar-refractivity contribution in [2.45, 2.75) is 50.7 Å². The van der Waals surface area contributed by atoms with E-state index in [2.05, 4.69) is 20.4 Å². The van der Waals surface area contributed by atoms with Gasteiger partial charge in [0.1, 0.15) is 11.6 Å². The van der Waals surface area contributed by atoms with Crippen LogP contribution < -0.4 is 20.1 Å². The maximum Gasteiger partial charge on any atom is 0.388 e. The maximum atomic E-state index is 13.5. The molecule has 0 unspecified atom stereocenters. The summed E-state index contributed by atoms with van der Waals surface area (Å²) in [5.74, 6) is -1.11. The van der Waals surface area contributed by atoms with E-state index in [0.717, 1.165) is 6.07 Å². The highest BCUT2D eigenvalue weighted by Gasteiger charge is 2.52. The molecule has 0 radical (unpaired) electrons. The number of pyridine rings is 1. The Labute approximate surface area is 199 Å². The molecule has 2 aromatic rings. The summed E-state index contributed by atoms with van der Waals surface area (Å²) >= 11 is 5.64. The van der Waals surface area contributed by atoms with Crippen molar-refractivity contribution in [3.63, 3.8) is 0 Å². The topological polar surface area (TPSA) is 89.5 Å². The summed E-state index contributed by atoms with van der Waals surface area (Å²) in [6, 6.07) is 6.69. The van der Waals surface area contributed by atoms with Crippen molar-refractivity contribution in [2.24, 2.45) is 5.41 Å². The Morgan fingerprint density at radius 1 is 1.09 bits per heavy atom. The van der Waals surface area contributed by atoms with Gasteiger partial charge in [-0.2, -0.15) is 8.78 Å². The Morgan fingerprint density at radius 3 is 2.38 bits per heavy atom. The van der Waals surface area contributed by atoms with Gasteiger partial charge in [-0.3, -0.25) is 9.59 Å². The molecule has 1 aromatic carbocycles. The molecule has 2 N–H and O–H groups in total. The first-order valence-corrected chi connectivity index (χ1v) is 11.2. The van der Waals surface area contributed by atoms with Crippen LogP contribution in [0.15, 0.2) is 36.5 Å². The van der Waals surface area contributed by atoms with E-state index in [1.54, 1.807) is 0 Å². The molecule has 5 rings (SSSR count). The van der Waals surface area contributed by atoms with Crippen LogP contribution in [0, 0.1) is 11.2 Å². The number of anilines is 1. The van der Waals surface area contributed by atoms with Crippen molar-refractivity contribution in [2.75, 3.05) is 11.9 Å². The standard InChI is InChI=1S/C23H23ClF3N3O4/c24-16-3-2-15(11-17(16)25)33-13-18(31)30-23-8-5-22(6-9-23,7-10-23)20(32)29-14-1-4-19(28-12-14)34-21(26)27/h1-4,11-12,21H,5-10,13H2,(H,29,32)(H,30,31). The first-order valence-electron chi connectivity index (χ1n) is 10.8. The summed E-state index contributed by atoms with van der Waals surface area (Å²) in [5.41, 5.74) is -0.557. The maximum absolute atomic E-state index is 13.5. The first-order chi connectivity index (χ1) is 16.2. The smallest absolute Gasteiger partial charge is 0.388 e. The minimum absolute atomic E-state index is 0.0262. The summed E-state index contributed by atoms with van der Waals surface area (Å²) in [6.07, 6.45) is 4.99. The number of ether oxygens (including phenoxy) is 2. The average Bonchev–Trinajstić information content (AvgIpc) is 2.82. The fourth-order valence-corrected chi connectivity index (χ4v) is 4.76. The molecule has 0 saturated heterocycles. The third-order valence-electron chi connectivity index (χ3n) is 6.60. The van der Waals surface area contributed by atoms with Gasteiger partial charge in [-0.15, -0.1) is 0 Å². The van der Waals surface area contributed by atoms with E-state index in [9.17, 15) is 22.8 Å². The quantitative estimate of drug-likeness (QED) is 0.551. The van der Waals surface area contributed by atoms with Crippen LogP contribution in [-0.4, -0.2) is 35.6 Å². The minimum atomic E-state index is -2.97. The third-order valence-corrected chi connectivity index (χ3v) is 6.90. The van der Waals surface area contributed by atoms with Gasteiger partial charge in [-0.25, -0.2) is 9.37 Å². The molecule has 182 valence electrons. The summed E-state index contributed by atoms with van der Waals surface area (Å²) in [5, 5.41) is 5.83. The van der Waals surface area contributed by atoms with E-state index in [1.165, 1.54) is 30.5 Å². The highest BCUT2D eigenvalue weighted by atomic mass is 35.5. The largest absolute Gasteiger partial charge is 0.484 e. The Hall–Kier alpha value is -3.01. The van der Waals surface area contributed by atoms with E-state index in [-0.39, 0.29) is 35.1 Å². The molecule has 0 spiro atoms. The van der Waals surface area contributed by atoms with Gasteiger partial charge in [0.25, 0.3) is 5.91 Å². The molecule has 11 heteroatoms. The second-order valence-corrected chi connectivity index (χ2v) is 9.10. The third kappa shape index (κ3) is 5.38. The zero-order valence-corrected chi connectivity index (χ0v) is 18.8. The van der Waals surface area contributed by atoms with E-state index in [0.29, 0.717) is 44.2 Å². The number of rotatable bonds is 8. The molecule has 7 nitrogen and oxygen atoms in total. The van der Waals surface area contributed by atoms with Gasteiger partial charge < -0.3 is 20.1 Å². The molecule has 3 fully saturated rings. The molecule has 1 heterocycles. The van der Waals surface area contributed by atoms with Crippen molar-refractivity contribution < 1.29 is 32.2 Å². The van der Waals surface area contributed by atoms with Crippen LogP contribution in [0.25, 0.3) is 0 Å². The molecule has 0 atom stereocenters. The molecule has 3 aliphatic carbocycles. The van der Waals surface area contributed by atoms with Gasteiger partial charge in [-0.1, -0.05) is 11.6 Å². The van der Waals surface area contributed by atoms with Crippen molar-refractivity contribution in [1.29, 1.82) is 0 Å². The Morgan fingerprint density at radius 2 is 1.79 bits per heavy atom. The second-order valence-electron chi connectivity index (χ2n) is 8.69. The van der Waals surface area contributed by atoms with Gasteiger partial charge >= 0.3 is 6.61 Å². The van der Waals surface area contributed by atoms with Crippen LogP contribution in [-0.2, 0) is 9.59 Å². The number of carbonyl (C=O) groups excluding carboxylic acids is 2. The number of fused-ring (bicyclic) bond motifs is 3. The molecule has 0 aliphatic heterocycles. The second kappa shape index (κ2) is 9.69. The predicted octanol–water partition coefficient (Wildman–Crippen LogP) is 4.70. The number of aromatic nitrogens is 1. The predicted molar refractivity (Wildman–Crippen MR) is 117 cm³/mol. The fraction of sp³-hybridized carbons (Fsp3) is 0.435. The van der Waals surface area contributed by atoms with Crippen molar-refractivity contribution >= 4 is 29.1 Å². The van der Waals surface area contributed by atoms with Crippen molar-refractivity contribution in [3.05, 3.63) is 47.4 Å². The lowest BCUT2D eigenvalue weighted by molar-refractivity contribution is -0.135. The van der Waals surface area contributed by atoms with Crippen LogP contribution in [0.3, 0.4) is 0 Å². The zero-order valence-electron chi connectivity index (χ0n) is 18.1. The highest BCUT2D eigenvalue weighted by molar-refractivity contribution is 6.30. The average molecular weight is 498 g/mol. The molecular weight excluding hydrogens is 475 g/mol. The Kier molecular flexibility index (Phi) is 6.88. The number of nitrogens with one attached hydrogen (secondary N) is 2. The molecule has 2 bridgehead atoms. The lowest BCUT2D eigenvalue weighted by Gasteiger charge is -2.52. The van der Waals surface area contributed by atoms with Crippen molar-refractivity contribution in [3.8, 4) is 11.6 Å². The molecule has 3 aliphatic rings. The molecule has 2 amide bonds. The number of carbonyl (C=O) groups is 2. The molecule has 3 saturated carbocycles. The van der Waals surface area contributed by atoms with Crippen LogP contribution in [0.4, 0.5) is 18.9 Å². The van der Waals surface area contributed by atoms with Gasteiger partial charge in [0, 0.05) is 23.1 Å². The number of amides is 2. The summed E-state index contributed by atoms with van der Waals surface area (Å²) in [4.78, 5) is 29.2. The number of alkyl halides is 2. The molecule has 34 heavy (non-hydrogen) atoms. The minimum Gasteiger partial charge on any atom is -0.484 e. The number of hydrogen-bond donors (Lipinski definition) is 2. The Balaban J connectivity index is 1.28. The van der Waals surface area contributed by atoms with Gasteiger partial charge in [0.15, 0.2) is 6.61 Å². The van der Waals surface area contributed by atoms with Crippen molar-refractivity contribution in [1.82, 2.24) is 10.3 Å². The van der Waals surface area contributed by atoms with Crippen LogP contribution in [0.1, 0.15) is 38.5 Å². The summed E-state index contributed by atoms with van der Waals surface area (Å²) in [6.45, 7) is -3.23. The monoisotopic (exact) mass is 497 g/mol. The number of halogens is 4. The fourth-order valence-electron chi connectivity index (χ4n) is 4.64. The van der Waals surface area contributed by atoms with E-state index in [1.807, 2.05) is 0 Å². The van der Waals surface area contributed by atoms with Gasteiger partial charge in [0.05, 0.1) is 16.9 Å². The number of benzene rings is 1. The first kappa shape index (κ1) is 24.1. The lowest BCUT2D eigenvalue weighted by Crippen LogP contribution is -2.59. The van der Waals surface area contributed by atoms with Gasteiger partial charge in [0.2, 0.25) is 11.8 Å². The molecular formula is C23H23ClF3N3O4. The van der Waals surface area contributed by atoms with E-state index >= 15 is 0 Å². The Bertz CT molecular complexity index is 1040. The highest BCUT2D eigenvalue weighted by Crippen LogP contribution is 2.52. The van der Waals surface area contributed by atoms with E-state index < -0.39 is 23.4 Å². The van der Waals surface area contributed by atoms with Crippen LogP contribution in [0.5, 0.6) is 11.6 Å². The number of nitrogens with zero attached hydrogens (tertiary/aromatic N) is 1. The normalized spacial score (nSPS) is 23.4. The lowest BCUT2D eigenvalue weighted by atomic mass is 9.57. The summed E-state index contributed by atoms with van der Waals surface area (Å²) < 4.78 is 47.6. The zero-order chi connectivity index (χ0) is 24.3. The molecule has 1 aromatic heterocycles.